The maximum atomic E-state index is 13.0. The van der Waals surface area contributed by atoms with Gasteiger partial charge in [0.25, 0.3) is 5.78 Å². The van der Waals surface area contributed by atoms with E-state index in [0.29, 0.717) is 18.9 Å². The Hall–Kier alpha value is -3.03. The predicted octanol–water partition coefficient (Wildman–Crippen LogP) is 2.10. The molecule has 0 bridgehead atoms. The average molecular weight is 368 g/mol. The summed E-state index contributed by atoms with van der Waals surface area (Å²) < 4.78 is 14.7. The molecular weight excluding hydrogens is 347 g/mol. The van der Waals surface area contributed by atoms with E-state index in [4.69, 9.17) is 0 Å². The number of anilines is 1. The first kappa shape index (κ1) is 17.4. The first-order valence-electron chi connectivity index (χ1n) is 9.04. The number of benzene rings is 1. The Morgan fingerprint density at radius 2 is 2.15 bits per heavy atom. The number of carbonyl (C=O) groups excluding carboxylic acids is 1. The minimum atomic E-state index is -0.278. The lowest BCUT2D eigenvalue weighted by Crippen LogP contribution is -2.43. The van der Waals surface area contributed by atoms with Gasteiger partial charge in [-0.05, 0) is 37.5 Å². The van der Waals surface area contributed by atoms with Crippen LogP contribution < -0.4 is 10.2 Å². The van der Waals surface area contributed by atoms with Gasteiger partial charge in [-0.25, -0.2) is 9.37 Å². The minimum absolute atomic E-state index is 0.0182. The molecule has 2 aromatic heterocycles. The van der Waals surface area contributed by atoms with Gasteiger partial charge in [-0.15, -0.1) is 0 Å². The molecule has 1 aliphatic rings. The first-order chi connectivity index (χ1) is 13.1. The highest BCUT2D eigenvalue weighted by atomic mass is 19.1. The second kappa shape index (κ2) is 7.30. The van der Waals surface area contributed by atoms with E-state index >= 15 is 0 Å². The summed E-state index contributed by atoms with van der Waals surface area (Å²) in [4.78, 5) is 23.3. The molecule has 1 N–H and O–H groups in total. The van der Waals surface area contributed by atoms with Crippen LogP contribution in [0.2, 0.25) is 0 Å². The van der Waals surface area contributed by atoms with Gasteiger partial charge in [0.15, 0.2) is 0 Å². The molecule has 1 fully saturated rings. The van der Waals surface area contributed by atoms with Crippen molar-refractivity contribution in [1.29, 1.82) is 0 Å². The lowest BCUT2D eigenvalue weighted by Gasteiger charge is -2.33. The minimum Gasteiger partial charge on any atom is -0.356 e. The molecule has 27 heavy (non-hydrogen) atoms. The molecule has 8 heteroatoms. The maximum absolute atomic E-state index is 13.0. The molecule has 1 amide bonds. The van der Waals surface area contributed by atoms with Crippen LogP contribution in [0.4, 0.5) is 10.2 Å². The molecule has 3 aromatic rings. The highest BCUT2D eigenvalue weighted by molar-refractivity contribution is 5.79. The molecule has 3 heterocycles. The van der Waals surface area contributed by atoms with E-state index in [2.05, 4.69) is 25.3 Å². The summed E-state index contributed by atoms with van der Waals surface area (Å²) in [6.07, 6.45) is 3.25. The van der Waals surface area contributed by atoms with Crippen LogP contribution in [0.25, 0.3) is 5.78 Å². The van der Waals surface area contributed by atoms with Crippen molar-refractivity contribution in [2.75, 3.05) is 18.0 Å². The molecule has 0 unspecified atom stereocenters. The van der Waals surface area contributed by atoms with Crippen molar-refractivity contribution in [2.24, 2.45) is 5.92 Å². The number of rotatable bonds is 4. The molecule has 1 aliphatic heterocycles. The summed E-state index contributed by atoms with van der Waals surface area (Å²) in [5.74, 6) is 1.11. The number of aryl methyl sites for hydroxylation is 1. The fourth-order valence-electron chi connectivity index (χ4n) is 3.47. The average Bonchev–Trinajstić information content (AvgIpc) is 3.15. The summed E-state index contributed by atoms with van der Waals surface area (Å²) in [5, 5.41) is 7.23. The highest BCUT2D eigenvalue weighted by Gasteiger charge is 2.27. The number of fused-ring (bicyclic) bond motifs is 1. The van der Waals surface area contributed by atoms with E-state index < -0.39 is 0 Å². The Bertz CT molecular complexity index is 954. The normalized spacial score (nSPS) is 17.3. The van der Waals surface area contributed by atoms with E-state index in [1.165, 1.54) is 18.5 Å². The SMILES string of the molecule is Cc1cc(N2CCC[C@@H](C(=O)NCc3ccc(F)cc3)C2)n2ncnc2n1. The van der Waals surface area contributed by atoms with Crippen molar-refractivity contribution in [1.82, 2.24) is 24.9 Å². The number of aromatic nitrogens is 4. The molecule has 0 radical (unpaired) electrons. The van der Waals surface area contributed by atoms with Gasteiger partial charge < -0.3 is 10.2 Å². The number of piperidine rings is 1. The molecule has 0 aliphatic carbocycles. The zero-order valence-corrected chi connectivity index (χ0v) is 15.1. The molecule has 4 rings (SSSR count). The number of hydrogen-bond donors (Lipinski definition) is 1. The van der Waals surface area contributed by atoms with Crippen molar-refractivity contribution < 1.29 is 9.18 Å². The molecule has 1 aromatic carbocycles. The zero-order chi connectivity index (χ0) is 18.8. The predicted molar refractivity (Wildman–Crippen MR) is 98.7 cm³/mol. The second-order valence-electron chi connectivity index (χ2n) is 6.86. The number of nitrogens with zero attached hydrogens (tertiary/aromatic N) is 5. The summed E-state index contributed by atoms with van der Waals surface area (Å²) >= 11 is 0. The lowest BCUT2D eigenvalue weighted by atomic mass is 9.97. The van der Waals surface area contributed by atoms with Crippen LogP contribution in [-0.4, -0.2) is 38.6 Å². The van der Waals surface area contributed by atoms with Gasteiger partial charge in [-0.2, -0.15) is 14.6 Å². The van der Waals surface area contributed by atoms with Crippen LogP contribution in [0.15, 0.2) is 36.7 Å². The molecule has 1 saturated heterocycles. The third kappa shape index (κ3) is 3.74. The topological polar surface area (TPSA) is 75.4 Å². The van der Waals surface area contributed by atoms with E-state index in [1.807, 2.05) is 13.0 Å². The zero-order valence-electron chi connectivity index (χ0n) is 15.1. The number of amides is 1. The number of nitrogens with one attached hydrogen (secondary N) is 1. The van der Waals surface area contributed by atoms with Crippen LogP contribution in [0, 0.1) is 18.7 Å². The monoisotopic (exact) mass is 368 g/mol. The van der Waals surface area contributed by atoms with Crippen molar-refractivity contribution in [3.63, 3.8) is 0 Å². The van der Waals surface area contributed by atoms with Crippen LogP contribution in [0.1, 0.15) is 24.1 Å². The van der Waals surface area contributed by atoms with Crippen LogP contribution in [-0.2, 0) is 11.3 Å². The van der Waals surface area contributed by atoms with Gasteiger partial charge in [-0.1, -0.05) is 12.1 Å². The maximum Gasteiger partial charge on any atom is 0.254 e. The number of hydrogen-bond acceptors (Lipinski definition) is 5. The van der Waals surface area contributed by atoms with Crippen molar-refractivity contribution >= 4 is 17.5 Å². The molecule has 140 valence electrons. The smallest absolute Gasteiger partial charge is 0.254 e. The quantitative estimate of drug-likeness (QED) is 0.763. The fraction of sp³-hybridized carbons (Fsp3) is 0.368. The number of halogens is 1. The fourth-order valence-corrected chi connectivity index (χ4v) is 3.47. The Labute approximate surface area is 156 Å². The van der Waals surface area contributed by atoms with E-state index in [0.717, 1.165) is 36.5 Å². The molecule has 0 spiro atoms. The summed E-state index contributed by atoms with van der Waals surface area (Å²) in [5.41, 5.74) is 1.75. The molecular formula is C19H21FN6O. The second-order valence-corrected chi connectivity index (χ2v) is 6.86. The van der Waals surface area contributed by atoms with Gasteiger partial charge in [0.2, 0.25) is 5.91 Å². The Kier molecular flexibility index (Phi) is 4.70. The third-order valence-electron chi connectivity index (χ3n) is 4.86. The van der Waals surface area contributed by atoms with Gasteiger partial charge in [-0.3, -0.25) is 4.79 Å². The largest absolute Gasteiger partial charge is 0.356 e. The van der Waals surface area contributed by atoms with Crippen molar-refractivity contribution in [3.8, 4) is 0 Å². The van der Waals surface area contributed by atoms with Crippen molar-refractivity contribution in [2.45, 2.75) is 26.3 Å². The van der Waals surface area contributed by atoms with Crippen molar-refractivity contribution in [3.05, 3.63) is 53.7 Å². The Morgan fingerprint density at radius 1 is 1.33 bits per heavy atom. The van der Waals surface area contributed by atoms with Gasteiger partial charge in [0.05, 0.1) is 5.92 Å². The van der Waals surface area contributed by atoms with E-state index in [9.17, 15) is 9.18 Å². The summed E-state index contributed by atoms with van der Waals surface area (Å²) in [7, 11) is 0. The first-order valence-corrected chi connectivity index (χ1v) is 9.04. The Balaban J connectivity index is 1.45. The summed E-state index contributed by atoms with van der Waals surface area (Å²) in [6, 6.07) is 8.15. The van der Waals surface area contributed by atoms with Gasteiger partial charge >= 0.3 is 0 Å². The molecule has 7 nitrogen and oxygen atoms in total. The summed E-state index contributed by atoms with van der Waals surface area (Å²) in [6.45, 7) is 3.81. The molecule has 1 atom stereocenters. The van der Waals surface area contributed by atoms with Gasteiger partial charge in [0.1, 0.15) is 18.0 Å². The van der Waals surface area contributed by atoms with E-state index in [-0.39, 0.29) is 17.6 Å². The standard InChI is InChI=1S/C19H21FN6O/c1-13-9-17(26-19(24-13)22-12-23-26)25-8-2-3-15(11-25)18(27)21-10-14-4-6-16(20)7-5-14/h4-7,9,12,15H,2-3,8,10-11H2,1H3,(H,21,27)/t15-/m1/s1. The van der Waals surface area contributed by atoms with Gasteiger partial charge in [0, 0.05) is 31.4 Å². The number of carbonyl (C=O) groups is 1. The lowest BCUT2D eigenvalue weighted by molar-refractivity contribution is -0.125. The molecule has 0 saturated carbocycles. The van der Waals surface area contributed by atoms with Crippen LogP contribution >= 0.6 is 0 Å². The van der Waals surface area contributed by atoms with Crippen LogP contribution in [0.3, 0.4) is 0 Å². The van der Waals surface area contributed by atoms with Crippen LogP contribution in [0.5, 0.6) is 0 Å². The van der Waals surface area contributed by atoms with E-state index in [1.54, 1.807) is 16.6 Å². The third-order valence-corrected chi connectivity index (χ3v) is 4.86. The Morgan fingerprint density at radius 3 is 2.96 bits per heavy atom. The highest BCUT2D eigenvalue weighted by Crippen LogP contribution is 2.24.